The number of amides is 1. The van der Waals surface area contributed by atoms with E-state index < -0.39 is 0 Å². The van der Waals surface area contributed by atoms with Gasteiger partial charge in [0, 0.05) is 44.6 Å². The largest absolute Gasteiger partial charge is 0.378 e. The van der Waals surface area contributed by atoms with Gasteiger partial charge in [-0.25, -0.2) is 0 Å². The van der Waals surface area contributed by atoms with Gasteiger partial charge < -0.3 is 10.2 Å². The van der Waals surface area contributed by atoms with Crippen molar-refractivity contribution in [2.45, 2.75) is 13.5 Å². The predicted molar refractivity (Wildman–Crippen MR) is 96.9 cm³/mol. The van der Waals surface area contributed by atoms with E-state index in [1.165, 1.54) is 16.4 Å². The highest BCUT2D eigenvalue weighted by molar-refractivity contribution is 7.16. The molecule has 124 valence electrons. The second-order valence-corrected chi connectivity index (χ2v) is 8.07. The minimum Gasteiger partial charge on any atom is -0.378 e. The van der Waals surface area contributed by atoms with E-state index in [0.29, 0.717) is 0 Å². The van der Waals surface area contributed by atoms with Crippen LogP contribution in [0.1, 0.15) is 20.9 Å². The molecule has 0 atom stereocenters. The quantitative estimate of drug-likeness (QED) is 0.898. The Bertz CT molecular complexity index is 691. The second-order valence-electron chi connectivity index (χ2n) is 5.50. The molecule has 1 aliphatic rings. The first kappa shape index (κ1) is 16.7. The molecule has 2 aromatic heterocycles. The first-order chi connectivity index (χ1) is 11.1. The Balaban J connectivity index is 1.60. The lowest BCUT2D eigenvalue weighted by atomic mass is 10.2. The molecule has 0 spiro atoms. The maximum atomic E-state index is 12.7. The molecular formula is C15H19ClN4OS2. The van der Waals surface area contributed by atoms with Crippen molar-refractivity contribution >= 4 is 45.4 Å². The van der Waals surface area contributed by atoms with Gasteiger partial charge in [-0.1, -0.05) is 11.6 Å². The summed E-state index contributed by atoms with van der Waals surface area (Å²) in [5, 5.41) is 3.92. The number of hydrogen-bond donors (Lipinski definition) is 1. The zero-order valence-electron chi connectivity index (χ0n) is 13.1. The molecule has 1 fully saturated rings. The van der Waals surface area contributed by atoms with Crippen molar-refractivity contribution in [2.75, 3.05) is 38.5 Å². The van der Waals surface area contributed by atoms with Crippen LogP contribution in [0.4, 0.5) is 5.00 Å². The number of thiophene rings is 1. The molecule has 2 aromatic rings. The van der Waals surface area contributed by atoms with Crippen molar-refractivity contribution in [1.29, 1.82) is 0 Å². The van der Waals surface area contributed by atoms with E-state index in [1.54, 1.807) is 11.3 Å². The number of halogens is 1. The lowest BCUT2D eigenvalue weighted by Crippen LogP contribution is -2.48. The Kier molecular flexibility index (Phi) is 5.21. The topological polar surface area (TPSA) is 48.5 Å². The summed E-state index contributed by atoms with van der Waals surface area (Å²) in [7, 11) is 1.83. The van der Waals surface area contributed by atoms with Gasteiger partial charge in [-0.2, -0.15) is 4.37 Å². The molecule has 0 saturated carbocycles. The van der Waals surface area contributed by atoms with Crippen molar-refractivity contribution in [3.05, 3.63) is 32.6 Å². The van der Waals surface area contributed by atoms with Crippen LogP contribution in [0.2, 0.25) is 4.34 Å². The van der Waals surface area contributed by atoms with Crippen LogP contribution in [0.3, 0.4) is 0 Å². The Labute approximate surface area is 149 Å². The molecule has 8 heteroatoms. The molecule has 1 aliphatic heterocycles. The lowest BCUT2D eigenvalue weighted by Gasteiger charge is -2.34. The second kappa shape index (κ2) is 7.17. The van der Waals surface area contributed by atoms with Crippen molar-refractivity contribution < 1.29 is 4.79 Å². The Morgan fingerprint density at radius 3 is 2.70 bits per heavy atom. The number of carbonyl (C=O) groups is 1. The maximum absolute atomic E-state index is 12.7. The normalized spacial score (nSPS) is 15.9. The zero-order chi connectivity index (χ0) is 16.4. The van der Waals surface area contributed by atoms with Gasteiger partial charge in [-0.3, -0.25) is 9.69 Å². The molecule has 0 aromatic carbocycles. The van der Waals surface area contributed by atoms with E-state index in [-0.39, 0.29) is 5.91 Å². The number of aromatic nitrogens is 1. The fraction of sp³-hybridized carbons (Fsp3) is 0.467. The van der Waals surface area contributed by atoms with E-state index in [4.69, 9.17) is 11.6 Å². The summed E-state index contributed by atoms with van der Waals surface area (Å²) < 4.78 is 5.11. The molecule has 3 rings (SSSR count). The van der Waals surface area contributed by atoms with Gasteiger partial charge in [-0.15, -0.1) is 11.3 Å². The number of aryl methyl sites for hydroxylation is 1. The molecule has 23 heavy (non-hydrogen) atoms. The summed E-state index contributed by atoms with van der Waals surface area (Å²) in [6.45, 7) is 6.05. The number of nitrogens with one attached hydrogen (secondary N) is 1. The van der Waals surface area contributed by atoms with Gasteiger partial charge in [0.1, 0.15) is 5.00 Å². The minimum atomic E-state index is 0.0828. The van der Waals surface area contributed by atoms with Crippen LogP contribution in [0.5, 0.6) is 0 Å². The number of carbonyl (C=O) groups excluding carboxylic acids is 1. The van der Waals surface area contributed by atoms with Crippen LogP contribution in [0.15, 0.2) is 12.1 Å². The Morgan fingerprint density at radius 2 is 2.09 bits per heavy atom. The molecule has 1 saturated heterocycles. The number of piperazine rings is 1. The highest BCUT2D eigenvalue weighted by Gasteiger charge is 2.26. The first-order valence-electron chi connectivity index (χ1n) is 7.48. The van der Waals surface area contributed by atoms with Crippen LogP contribution < -0.4 is 5.32 Å². The van der Waals surface area contributed by atoms with Crippen LogP contribution >= 0.6 is 34.5 Å². The summed E-state index contributed by atoms with van der Waals surface area (Å²) in [6.07, 6.45) is 0. The zero-order valence-corrected chi connectivity index (χ0v) is 15.5. The SMILES string of the molecule is CNc1snc(C)c1C(=O)N1CCN(Cc2ccc(Cl)s2)CC1. The standard InChI is InChI=1S/C15H19ClN4OS2/c1-10-13(14(17-2)23-18-10)15(21)20-7-5-19(6-8-20)9-11-3-4-12(16)22-11/h3-4,17H,5-9H2,1-2H3. The average Bonchev–Trinajstić information content (AvgIpc) is 3.13. The summed E-state index contributed by atoms with van der Waals surface area (Å²) in [4.78, 5) is 18.3. The summed E-state index contributed by atoms with van der Waals surface area (Å²) >= 11 is 8.94. The van der Waals surface area contributed by atoms with Crippen molar-refractivity contribution in [3.8, 4) is 0 Å². The van der Waals surface area contributed by atoms with Crippen LogP contribution in [-0.2, 0) is 6.54 Å². The van der Waals surface area contributed by atoms with E-state index in [9.17, 15) is 4.79 Å². The Hall–Kier alpha value is -1.15. The Morgan fingerprint density at radius 1 is 1.35 bits per heavy atom. The lowest BCUT2D eigenvalue weighted by molar-refractivity contribution is 0.0630. The molecule has 1 amide bonds. The van der Waals surface area contributed by atoms with Crippen molar-refractivity contribution in [2.24, 2.45) is 0 Å². The fourth-order valence-corrected chi connectivity index (χ4v) is 4.58. The highest BCUT2D eigenvalue weighted by Crippen LogP contribution is 2.26. The van der Waals surface area contributed by atoms with Gasteiger partial charge in [0.25, 0.3) is 5.91 Å². The van der Waals surface area contributed by atoms with Crippen LogP contribution in [0, 0.1) is 6.92 Å². The maximum Gasteiger partial charge on any atom is 0.258 e. The third-order valence-electron chi connectivity index (χ3n) is 3.97. The molecule has 3 heterocycles. The van der Waals surface area contributed by atoms with Gasteiger partial charge in [-0.05, 0) is 30.6 Å². The minimum absolute atomic E-state index is 0.0828. The monoisotopic (exact) mass is 370 g/mol. The average molecular weight is 371 g/mol. The number of hydrogen-bond acceptors (Lipinski definition) is 6. The third-order valence-corrected chi connectivity index (χ3v) is 6.14. The van der Waals surface area contributed by atoms with Gasteiger partial charge in [0.2, 0.25) is 0 Å². The number of rotatable bonds is 4. The number of nitrogens with zero attached hydrogens (tertiary/aromatic N) is 3. The van der Waals surface area contributed by atoms with E-state index >= 15 is 0 Å². The first-order valence-corrected chi connectivity index (χ1v) is 9.45. The molecular weight excluding hydrogens is 352 g/mol. The summed E-state index contributed by atoms with van der Waals surface area (Å²) in [5.74, 6) is 0.0828. The van der Waals surface area contributed by atoms with Gasteiger partial charge >= 0.3 is 0 Å². The predicted octanol–water partition coefficient (Wildman–Crippen LogP) is 3.17. The summed E-state index contributed by atoms with van der Waals surface area (Å²) in [6, 6.07) is 4.01. The molecule has 0 aliphatic carbocycles. The van der Waals surface area contributed by atoms with Crippen LogP contribution in [-0.4, -0.2) is 53.3 Å². The van der Waals surface area contributed by atoms with Gasteiger partial charge in [0.05, 0.1) is 15.6 Å². The molecule has 0 radical (unpaired) electrons. The van der Waals surface area contributed by atoms with Crippen molar-refractivity contribution in [1.82, 2.24) is 14.2 Å². The fourth-order valence-electron chi connectivity index (χ4n) is 2.72. The van der Waals surface area contributed by atoms with Crippen molar-refractivity contribution in [3.63, 3.8) is 0 Å². The summed E-state index contributed by atoms with van der Waals surface area (Å²) in [5.41, 5.74) is 1.52. The van der Waals surface area contributed by atoms with E-state index in [2.05, 4.69) is 20.7 Å². The smallest absolute Gasteiger partial charge is 0.258 e. The molecule has 0 bridgehead atoms. The van der Waals surface area contributed by atoms with Gasteiger partial charge in [0.15, 0.2) is 0 Å². The van der Waals surface area contributed by atoms with E-state index in [0.717, 1.165) is 53.3 Å². The van der Waals surface area contributed by atoms with Crippen LogP contribution in [0.25, 0.3) is 0 Å². The number of anilines is 1. The molecule has 1 N–H and O–H groups in total. The highest BCUT2D eigenvalue weighted by atomic mass is 35.5. The van der Waals surface area contributed by atoms with E-state index in [1.807, 2.05) is 24.9 Å². The molecule has 5 nitrogen and oxygen atoms in total. The molecule has 0 unspecified atom stereocenters. The third kappa shape index (κ3) is 3.68.